The minimum atomic E-state index is 0.0561. The van der Waals surface area contributed by atoms with Gasteiger partial charge in [-0.25, -0.2) is 0 Å². The molecule has 15 rings (SSSR count). The first-order chi connectivity index (χ1) is 33.3. The molecule has 12 aromatic carbocycles. The van der Waals surface area contributed by atoms with Crippen LogP contribution in [0.4, 0.5) is 0 Å². The van der Waals surface area contributed by atoms with Crippen molar-refractivity contribution < 1.29 is 8.83 Å². The van der Waals surface area contributed by atoms with E-state index in [4.69, 9.17) is 8.83 Å². The van der Waals surface area contributed by atoms with Crippen LogP contribution in [0.2, 0.25) is 0 Å². The standard InChI is InChI=1S/C64H36O2Se/c1-3-20-43-41(18-1)58(42-19-2-4-21-44(42)59(43)52-29-13-26-49-38-16-9-11-32-55(38)65-62(49)52)37-34-35-40-51-28-15-31-54(64(51)67-57(40)36-37)61-47-24-7-5-22-45(47)60(46-23-6-8-25-48(46)61)53-30-14-27-50-39-17-10-12-33-56(39)66-63(50)53/h1-36H. The van der Waals surface area contributed by atoms with Crippen LogP contribution in [0.5, 0.6) is 0 Å². The molecule has 0 amide bonds. The summed E-state index contributed by atoms with van der Waals surface area (Å²) < 4.78 is 16.2. The van der Waals surface area contributed by atoms with E-state index in [0.29, 0.717) is 0 Å². The first kappa shape index (κ1) is 37.1. The third-order valence-corrected chi connectivity index (χ3v) is 16.8. The summed E-state index contributed by atoms with van der Waals surface area (Å²) >= 11 is 0.0561. The molecule has 3 heterocycles. The van der Waals surface area contributed by atoms with E-state index >= 15 is 0 Å². The van der Waals surface area contributed by atoms with Crippen LogP contribution in [0, 0.1) is 0 Å². The Hall–Kier alpha value is -8.20. The first-order valence-electron chi connectivity index (χ1n) is 22.9. The van der Waals surface area contributed by atoms with Gasteiger partial charge in [-0.3, -0.25) is 0 Å². The van der Waals surface area contributed by atoms with Gasteiger partial charge in [-0.15, -0.1) is 0 Å². The van der Waals surface area contributed by atoms with E-state index in [1.165, 1.54) is 95.8 Å². The first-order valence-corrected chi connectivity index (χ1v) is 24.6. The second-order valence-electron chi connectivity index (χ2n) is 17.7. The number of furan rings is 2. The molecule has 0 saturated carbocycles. The summed E-state index contributed by atoms with van der Waals surface area (Å²) in [5.74, 6) is 0. The molecule has 15 aromatic rings. The Kier molecular flexibility index (Phi) is 7.83. The van der Waals surface area contributed by atoms with E-state index < -0.39 is 0 Å². The fourth-order valence-corrected chi connectivity index (χ4v) is 14.1. The molecule has 0 spiro atoms. The SMILES string of the molecule is c1ccc2c(c1)oc1c(-c3c4ccccc4c(-c4ccc5c(c4)[se]c4c(-c6c7ccccc7c(-c7cccc8c7oc7ccccc78)c7ccccc67)cccc45)c4ccccc34)cccc12. The van der Waals surface area contributed by atoms with Crippen molar-refractivity contribution in [2.24, 2.45) is 0 Å². The van der Waals surface area contributed by atoms with Gasteiger partial charge >= 0.3 is 380 Å². The zero-order chi connectivity index (χ0) is 43.7. The molecule has 0 aliphatic heterocycles. The zero-order valence-electron chi connectivity index (χ0n) is 36.0. The van der Waals surface area contributed by atoms with E-state index in [9.17, 15) is 0 Å². The number of benzene rings is 12. The van der Waals surface area contributed by atoms with Gasteiger partial charge in [0.25, 0.3) is 0 Å². The third-order valence-electron chi connectivity index (χ3n) is 14.3. The summed E-state index contributed by atoms with van der Waals surface area (Å²) in [6.07, 6.45) is 0. The maximum absolute atomic E-state index is 6.69. The molecule has 0 aliphatic rings. The summed E-state index contributed by atoms with van der Waals surface area (Å²) in [6.45, 7) is 0. The summed E-state index contributed by atoms with van der Waals surface area (Å²) in [5, 5.41) is 17.1. The maximum atomic E-state index is 6.69. The van der Waals surface area contributed by atoms with Gasteiger partial charge in [0.1, 0.15) is 0 Å². The molecule has 0 fully saturated rings. The van der Waals surface area contributed by atoms with Crippen molar-refractivity contribution in [3.8, 4) is 44.5 Å². The van der Waals surface area contributed by atoms with Crippen molar-refractivity contribution in [1.82, 2.24) is 0 Å². The van der Waals surface area contributed by atoms with Crippen molar-refractivity contribution in [1.29, 1.82) is 0 Å². The van der Waals surface area contributed by atoms with E-state index in [-0.39, 0.29) is 14.5 Å². The van der Waals surface area contributed by atoms with Crippen molar-refractivity contribution in [2.75, 3.05) is 0 Å². The summed E-state index contributed by atoms with van der Waals surface area (Å²) in [6, 6.07) is 80.0. The van der Waals surface area contributed by atoms with Gasteiger partial charge in [0.2, 0.25) is 0 Å². The number of fused-ring (bicyclic) bond motifs is 13. The molecule has 67 heavy (non-hydrogen) atoms. The fourth-order valence-electron chi connectivity index (χ4n) is 11.5. The molecular weight excluding hydrogens is 880 g/mol. The van der Waals surface area contributed by atoms with Crippen LogP contribution in [0.25, 0.3) is 151 Å². The van der Waals surface area contributed by atoms with Crippen LogP contribution in [-0.2, 0) is 0 Å². The average molecular weight is 916 g/mol. The average Bonchev–Trinajstić information content (AvgIpc) is 4.09. The van der Waals surface area contributed by atoms with E-state index in [1.54, 1.807) is 0 Å². The van der Waals surface area contributed by atoms with Gasteiger partial charge < -0.3 is 0 Å². The normalized spacial score (nSPS) is 12.2. The fraction of sp³-hybridized carbons (Fsp3) is 0. The molecule has 0 saturated heterocycles. The number of rotatable bonds is 4. The van der Waals surface area contributed by atoms with Gasteiger partial charge in [-0.05, 0) is 0 Å². The second kappa shape index (κ2) is 14.1. The molecule has 0 radical (unpaired) electrons. The van der Waals surface area contributed by atoms with Crippen molar-refractivity contribution >= 4 is 121 Å². The Morgan fingerprint density at radius 3 is 1.07 bits per heavy atom. The van der Waals surface area contributed by atoms with Gasteiger partial charge in [0, 0.05) is 0 Å². The van der Waals surface area contributed by atoms with Crippen LogP contribution in [0.15, 0.2) is 227 Å². The Balaban J connectivity index is 0.954. The molecule has 3 aromatic heterocycles. The van der Waals surface area contributed by atoms with Crippen LogP contribution in [0.3, 0.4) is 0 Å². The summed E-state index contributed by atoms with van der Waals surface area (Å²) in [5.41, 5.74) is 13.5. The summed E-state index contributed by atoms with van der Waals surface area (Å²) in [7, 11) is 0. The van der Waals surface area contributed by atoms with E-state index in [0.717, 1.165) is 55.0 Å². The topological polar surface area (TPSA) is 26.3 Å². The molecule has 0 bridgehead atoms. The Labute approximate surface area is 390 Å². The van der Waals surface area contributed by atoms with Gasteiger partial charge in [0.15, 0.2) is 0 Å². The number of hydrogen-bond acceptors (Lipinski definition) is 2. The molecule has 0 atom stereocenters. The Morgan fingerprint density at radius 2 is 0.612 bits per heavy atom. The Morgan fingerprint density at radius 1 is 0.254 bits per heavy atom. The van der Waals surface area contributed by atoms with Crippen molar-refractivity contribution in [2.45, 2.75) is 0 Å². The molecular formula is C64H36O2Se. The van der Waals surface area contributed by atoms with Crippen LogP contribution < -0.4 is 0 Å². The van der Waals surface area contributed by atoms with E-state index in [1.807, 2.05) is 6.07 Å². The minimum absolute atomic E-state index is 0.0561. The Bertz CT molecular complexity index is 4470. The van der Waals surface area contributed by atoms with Gasteiger partial charge in [-0.2, -0.15) is 0 Å². The quantitative estimate of drug-likeness (QED) is 0.130. The molecule has 310 valence electrons. The van der Waals surface area contributed by atoms with Crippen molar-refractivity contribution in [3.63, 3.8) is 0 Å². The van der Waals surface area contributed by atoms with Gasteiger partial charge in [0.05, 0.1) is 0 Å². The second-order valence-corrected chi connectivity index (χ2v) is 19.9. The van der Waals surface area contributed by atoms with Crippen LogP contribution >= 0.6 is 0 Å². The van der Waals surface area contributed by atoms with Crippen molar-refractivity contribution in [3.05, 3.63) is 218 Å². The number of para-hydroxylation sites is 4. The van der Waals surface area contributed by atoms with E-state index in [2.05, 4.69) is 212 Å². The molecule has 3 heteroatoms. The molecule has 0 N–H and O–H groups in total. The third kappa shape index (κ3) is 5.27. The summed E-state index contributed by atoms with van der Waals surface area (Å²) in [4.78, 5) is 0. The van der Waals surface area contributed by atoms with Crippen LogP contribution in [0.1, 0.15) is 0 Å². The zero-order valence-corrected chi connectivity index (χ0v) is 37.7. The molecule has 0 aliphatic carbocycles. The molecule has 2 nitrogen and oxygen atoms in total. The van der Waals surface area contributed by atoms with Crippen LogP contribution in [-0.4, -0.2) is 14.5 Å². The number of hydrogen-bond donors (Lipinski definition) is 0. The predicted octanol–water partition coefficient (Wildman–Crippen LogP) is 18.1. The predicted molar refractivity (Wildman–Crippen MR) is 285 cm³/mol. The molecule has 0 unspecified atom stereocenters. The van der Waals surface area contributed by atoms with Gasteiger partial charge in [-0.1, -0.05) is 12.1 Å². The monoisotopic (exact) mass is 916 g/mol.